The van der Waals surface area contributed by atoms with Gasteiger partial charge in [-0.3, -0.25) is 0 Å². The van der Waals surface area contributed by atoms with Crippen LogP contribution in [0.15, 0.2) is 22.5 Å². The quantitative estimate of drug-likeness (QED) is 0.429. The minimum atomic E-state index is -0.217. The van der Waals surface area contributed by atoms with Crippen LogP contribution in [0.1, 0.15) is 27.7 Å². The third kappa shape index (κ3) is 3.75. The normalized spacial score (nSPS) is 15.1. The summed E-state index contributed by atoms with van der Waals surface area (Å²) < 4.78 is 5.46. The van der Waals surface area contributed by atoms with Gasteiger partial charge in [-0.25, -0.2) is 0 Å². The lowest BCUT2D eigenvalue weighted by atomic mass is 9.76. The van der Waals surface area contributed by atoms with Gasteiger partial charge in [0, 0.05) is 10.3 Å². The molecule has 0 fully saturated rings. The van der Waals surface area contributed by atoms with E-state index in [1.165, 1.54) is 0 Å². The maximum Gasteiger partial charge on any atom is 0.258 e. The van der Waals surface area contributed by atoms with Crippen molar-refractivity contribution < 1.29 is 4.65 Å². The van der Waals surface area contributed by atoms with Crippen LogP contribution in [0.25, 0.3) is 0 Å². The molecule has 14 heavy (non-hydrogen) atoms. The lowest BCUT2D eigenvalue weighted by molar-refractivity contribution is 0.0263. The summed E-state index contributed by atoms with van der Waals surface area (Å²) in [5, 5.41) is 1.68. The summed E-state index contributed by atoms with van der Waals surface area (Å²) in [4.78, 5) is 0.898. The molecule has 1 nitrogen and oxygen atoms in total. The second-order valence-electron chi connectivity index (χ2n) is 4.32. The molecule has 0 amide bonds. The highest BCUT2D eigenvalue weighted by Gasteiger charge is 2.34. The average Bonchev–Trinajstić information content (AvgIpc) is 2.03. The Labute approximate surface area is 99.3 Å². The van der Waals surface area contributed by atoms with E-state index in [0.717, 1.165) is 4.91 Å². The Morgan fingerprint density at radius 1 is 1.29 bits per heavy atom. The lowest BCUT2D eigenvalue weighted by Crippen LogP contribution is -2.39. The second kappa shape index (κ2) is 5.33. The zero-order chi connectivity index (χ0) is 11.4. The Morgan fingerprint density at radius 2 is 1.79 bits per heavy atom. The van der Waals surface area contributed by atoms with Crippen molar-refractivity contribution in [3.63, 3.8) is 0 Å². The molecular weight excluding hydrogens is 211 g/mol. The van der Waals surface area contributed by atoms with Crippen LogP contribution in [-0.4, -0.2) is 13.7 Å². The van der Waals surface area contributed by atoms with Crippen LogP contribution in [-0.2, 0) is 4.65 Å². The van der Waals surface area contributed by atoms with Crippen LogP contribution in [0.3, 0.4) is 0 Å². The molecule has 0 N–H and O–H groups in total. The summed E-state index contributed by atoms with van der Waals surface area (Å²) in [5.41, 5.74) is -0.294. The van der Waals surface area contributed by atoms with Crippen molar-refractivity contribution in [3.05, 3.63) is 22.5 Å². The van der Waals surface area contributed by atoms with Crippen LogP contribution in [0.5, 0.6) is 0 Å². The van der Waals surface area contributed by atoms with Gasteiger partial charge in [0.2, 0.25) is 0 Å². The topological polar surface area (TPSA) is 9.23 Å². The largest absolute Gasteiger partial charge is 0.438 e. The molecule has 0 spiro atoms. The Balaban J connectivity index is 4.88. The molecule has 0 aromatic heterocycles. The summed E-state index contributed by atoms with van der Waals surface area (Å²) in [6.07, 6.45) is 3.92. The van der Waals surface area contributed by atoms with E-state index in [4.69, 9.17) is 4.65 Å². The van der Waals surface area contributed by atoms with Gasteiger partial charge in [0.15, 0.2) is 0 Å². The summed E-state index contributed by atoms with van der Waals surface area (Å²) in [5.74, 6) is 0. The van der Waals surface area contributed by atoms with Crippen molar-refractivity contribution in [1.82, 2.24) is 0 Å². The molecule has 0 aliphatic rings. The Bertz CT molecular complexity index is 245. The molecular formula is C10H19BOS2. The van der Waals surface area contributed by atoms with Crippen molar-refractivity contribution >= 4 is 33.3 Å². The van der Waals surface area contributed by atoms with Crippen molar-refractivity contribution in [1.29, 1.82) is 0 Å². The van der Waals surface area contributed by atoms with Crippen molar-refractivity contribution in [2.24, 2.45) is 5.41 Å². The fraction of sp³-hybridized carbons (Fsp3) is 0.600. The summed E-state index contributed by atoms with van der Waals surface area (Å²) in [6, 6.07) is 0. The van der Waals surface area contributed by atoms with Gasteiger partial charge in [-0.15, -0.1) is 12.6 Å². The van der Waals surface area contributed by atoms with Crippen molar-refractivity contribution in [2.75, 3.05) is 0 Å². The van der Waals surface area contributed by atoms with E-state index in [0.29, 0.717) is 0 Å². The monoisotopic (exact) mass is 230 g/mol. The maximum absolute atomic E-state index is 5.46. The third-order valence-corrected chi connectivity index (χ3v) is 3.24. The predicted molar refractivity (Wildman–Crippen MR) is 72.7 cm³/mol. The van der Waals surface area contributed by atoms with E-state index in [1.54, 1.807) is 13.5 Å². The lowest BCUT2D eigenvalue weighted by Gasteiger charge is -2.39. The molecule has 0 aromatic carbocycles. The molecule has 0 rings (SSSR count). The highest BCUT2D eigenvalue weighted by molar-refractivity contribution is 7.85. The van der Waals surface area contributed by atoms with Crippen LogP contribution in [0.4, 0.5) is 0 Å². The first-order valence-corrected chi connectivity index (χ1v) is 5.51. The maximum atomic E-state index is 5.46. The fourth-order valence-corrected chi connectivity index (χ4v) is 1.61. The Hall–Kier alpha value is 0.205. The van der Waals surface area contributed by atoms with Crippen molar-refractivity contribution in [3.8, 4) is 0 Å². The number of allylic oxidation sites excluding steroid dienone is 1. The first-order valence-electron chi connectivity index (χ1n) is 4.54. The zero-order valence-electron chi connectivity index (χ0n) is 9.53. The molecule has 4 heteroatoms. The van der Waals surface area contributed by atoms with E-state index in [2.05, 4.69) is 59.0 Å². The predicted octanol–water partition coefficient (Wildman–Crippen LogP) is 2.61. The minimum Gasteiger partial charge on any atom is -0.438 e. The third-order valence-electron chi connectivity index (χ3n) is 2.82. The Morgan fingerprint density at radius 3 is 2.14 bits per heavy atom. The van der Waals surface area contributed by atoms with Crippen molar-refractivity contribution in [2.45, 2.75) is 33.3 Å². The summed E-state index contributed by atoms with van der Waals surface area (Å²) >= 11 is 8.35. The summed E-state index contributed by atoms with van der Waals surface area (Å²) in [6.45, 7) is 8.38. The smallest absolute Gasteiger partial charge is 0.258 e. The molecule has 0 atom stereocenters. The van der Waals surface area contributed by atoms with Crippen LogP contribution in [0.2, 0.25) is 0 Å². The van der Waals surface area contributed by atoms with E-state index < -0.39 is 0 Å². The molecule has 0 bridgehead atoms. The number of thiol groups is 2. The minimum absolute atomic E-state index is 0.0773. The second-order valence-corrected chi connectivity index (χ2v) is 5.14. The molecule has 0 saturated carbocycles. The van der Waals surface area contributed by atoms with Gasteiger partial charge in [0.1, 0.15) is 0 Å². The first kappa shape index (κ1) is 14.2. The first-order chi connectivity index (χ1) is 6.27. The zero-order valence-corrected chi connectivity index (χ0v) is 11.3. The molecule has 0 radical (unpaired) electrons. The molecule has 0 aromatic rings. The number of hydrogen-bond donors (Lipinski definition) is 2. The van der Waals surface area contributed by atoms with Crippen LogP contribution >= 0.6 is 25.3 Å². The highest BCUT2D eigenvalue weighted by Crippen LogP contribution is 2.36. The van der Waals surface area contributed by atoms with Gasteiger partial charge < -0.3 is 4.65 Å². The van der Waals surface area contributed by atoms with Gasteiger partial charge in [0.25, 0.3) is 8.05 Å². The van der Waals surface area contributed by atoms with E-state index in [9.17, 15) is 0 Å². The number of hydrogen-bond acceptors (Lipinski definition) is 3. The molecule has 0 heterocycles. The SMILES string of the molecule is BOC(C)(C)C(C)(C)/C=C(S)/C=C\S. The van der Waals surface area contributed by atoms with Gasteiger partial charge >= 0.3 is 0 Å². The van der Waals surface area contributed by atoms with Gasteiger partial charge in [-0.05, 0) is 25.3 Å². The van der Waals surface area contributed by atoms with Gasteiger partial charge in [-0.1, -0.05) is 19.9 Å². The average molecular weight is 230 g/mol. The standard InChI is InChI=1S/C10H19BOS2/c1-9(2,10(3,4)12-11)7-8(14)5-6-13/h5-7,13-14H,11H2,1-4H3/b6-5-,8-7-. The summed E-state index contributed by atoms with van der Waals surface area (Å²) in [7, 11) is 1.72. The number of rotatable bonds is 4. The van der Waals surface area contributed by atoms with Crippen LogP contribution < -0.4 is 0 Å². The fourth-order valence-electron chi connectivity index (χ4n) is 0.931. The van der Waals surface area contributed by atoms with E-state index >= 15 is 0 Å². The molecule has 0 saturated heterocycles. The Kier molecular flexibility index (Phi) is 5.41. The van der Waals surface area contributed by atoms with Gasteiger partial charge in [0.05, 0.1) is 5.60 Å². The van der Waals surface area contributed by atoms with Gasteiger partial charge in [-0.2, -0.15) is 12.6 Å². The van der Waals surface area contributed by atoms with E-state index in [1.807, 2.05) is 6.08 Å². The molecule has 80 valence electrons. The highest BCUT2D eigenvalue weighted by atomic mass is 32.1. The molecule has 0 unspecified atom stereocenters. The van der Waals surface area contributed by atoms with Crippen LogP contribution in [0, 0.1) is 5.41 Å². The molecule has 0 aliphatic carbocycles. The van der Waals surface area contributed by atoms with E-state index in [-0.39, 0.29) is 11.0 Å². The molecule has 0 aliphatic heterocycles.